The maximum Gasteiger partial charge on any atom is 0.267 e. The monoisotopic (exact) mass is 360 g/mol. The number of benzene rings is 2. The predicted molar refractivity (Wildman–Crippen MR) is 100 cm³/mol. The summed E-state index contributed by atoms with van der Waals surface area (Å²) in [5, 5.41) is 6.19. The van der Waals surface area contributed by atoms with Gasteiger partial charge < -0.3 is 15.4 Å². The summed E-state index contributed by atoms with van der Waals surface area (Å²) >= 11 is 5.86. The molecule has 2 aromatic carbocycles. The van der Waals surface area contributed by atoms with Crippen LogP contribution in [0.25, 0.3) is 0 Å². The molecule has 25 heavy (non-hydrogen) atoms. The molecule has 0 aliphatic rings. The number of nitrogens with one attached hydrogen (secondary N) is 2. The van der Waals surface area contributed by atoms with Gasteiger partial charge in [0.05, 0.1) is 0 Å². The fourth-order valence-electron chi connectivity index (χ4n) is 2.21. The fourth-order valence-corrected chi connectivity index (χ4v) is 2.34. The number of amides is 2. The Morgan fingerprint density at radius 2 is 1.56 bits per heavy atom. The van der Waals surface area contributed by atoms with Gasteiger partial charge in [0.25, 0.3) is 5.91 Å². The highest BCUT2D eigenvalue weighted by Crippen LogP contribution is 2.26. The number of hydrogen-bond donors (Lipinski definition) is 2. The van der Waals surface area contributed by atoms with Crippen LogP contribution in [-0.2, 0) is 9.59 Å². The molecule has 0 fully saturated rings. The van der Waals surface area contributed by atoms with Crippen LogP contribution < -0.4 is 15.4 Å². The van der Waals surface area contributed by atoms with Crippen molar-refractivity contribution in [2.45, 2.75) is 33.3 Å². The molecule has 5 nitrogen and oxygen atoms in total. The molecule has 2 amide bonds. The Balaban J connectivity index is 2.15. The maximum absolute atomic E-state index is 12.6. The SMILES string of the molecule is CC(=O)Nc1cccc(NC(=O)C(C)(C)Oc2ccc(Cl)cc2)c1C. The first-order chi connectivity index (χ1) is 11.7. The Bertz CT molecular complexity index is 786. The first-order valence-corrected chi connectivity index (χ1v) is 8.20. The van der Waals surface area contributed by atoms with E-state index in [9.17, 15) is 9.59 Å². The summed E-state index contributed by atoms with van der Waals surface area (Å²) in [7, 11) is 0. The first kappa shape index (κ1) is 18.8. The minimum Gasteiger partial charge on any atom is -0.478 e. The highest BCUT2D eigenvalue weighted by atomic mass is 35.5. The van der Waals surface area contributed by atoms with Gasteiger partial charge in [0.2, 0.25) is 5.91 Å². The Kier molecular flexibility index (Phi) is 5.69. The lowest BCUT2D eigenvalue weighted by molar-refractivity contribution is -0.128. The van der Waals surface area contributed by atoms with Gasteiger partial charge in [-0.3, -0.25) is 9.59 Å². The van der Waals surface area contributed by atoms with E-state index in [0.717, 1.165) is 5.56 Å². The molecule has 0 unspecified atom stereocenters. The van der Waals surface area contributed by atoms with Crippen molar-refractivity contribution in [3.63, 3.8) is 0 Å². The molecule has 0 atom stereocenters. The summed E-state index contributed by atoms with van der Waals surface area (Å²) in [5.41, 5.74) is 0.948. The van der Waals surface area contributed by atoms with Crippen LogP contribution in [-0.4, -0.2) is 17.4 Å². The van der Waals surface area contributed by atoms with E-state index in [1.54, 1.807) is 56.3 Å². The fraction of sp³-hybridized carbons (Fsp3) is 0.263. The van der Waals surface area contributed by atoms with E-state index in [-0.39, 0.29) is 11.8 Å². The van der Waals surface area contributed by atoms with E-state index in [4.69, 9.17) is 16.3 Å². The Labute approximate surface area is 152 Å². The van der Waals surface area contributed by atoms with Crippen LogP contribution in [0.3, 0.4) is 0 Å². The molecule has 0 heterocycles. The summed E-state index contributed by atoms with van der Waals surface area (Å²) in [6, 6.07) is 12.1. The van der Waals surface area contributed by atoms with Crippen LogP contribution in [0.15, 0.2) is 42.5 Å². The zero-order valence-electron chi connectivity index (χ0n) is 14.6. The molecular formula is C19H21ClN2O3. The second-order valence-electron chi connectivity index (χ2n) is 6.18. The van der Waals surface area contributed by atoms with Gasteiger partial charge >= 0.3 is 0 Å². The summed E-state index contributed by atoms with van der Waals surface area (Å²) in [6.45, 7) is 6.63. The molecule has 0 saturated carbocycles. The lowest BCUT2D eigenvalue weighted by atomic mass is 10.1. The van der Waals surface area contributed by atoms with Crippen LogP contribution in [0, 0.1) is 6.92 Å². The first-order valence-electron chi connectivity index (χ1n) is 7.82. The average molecular weight is 361 g/mol. The largest absolute Gasteiger partial charge is 0.478 e. The zero-order valence-corrected chi connectivity index (χ0v) is 15.4. The van der Waals surface area contributed by atoms with E-state index < -0.39 is 5.60 Å². The van der Waals surface area contributed by atoms with Gasteiger partial charge in [-0.1, -0.05) is 17.7 Å². The van der Waals surface area contributed by atoms with Crippen molar-refractivity contribution < 1.29 is 14.3 Å². The van der Waals surface area contributed by atoms with Crippen LogP contribution >= 0.6 is 11.6 Å². The van der Waals surface area contributed by atoms with Crippen molar-refractivity contribution in [3.05, 3.63) is 53.1 Å². The minimum absolute atomic E-state index is 0.169. The number of hydrogen-bond acceptors (Lipinski definition) is 3. The molecule has 2 aromatic rings. The van der Waals surface area contributed by atoms with Crippen LogP contribution in [0.4, 0.5) is 11.4 Å². The number of carbonyl (C=O) groups is 2. The van der Waals surface area contributed by atoms with Crippen LogP contribution in [0.5, 0.6) is 5.75 Å². The Morgan fingerprint density at radius 1 is 1.00 bits per heavy atom. The lowest BCUT2D eigenvalue weighted by Gasteiger charge is -2.26. The van der Waals surface area contributed by atoms with Crippen LogP contribution in [0.2, 0.25) is 5.02 Å². The van der Waals surface area contributed by atoms with Crippen molar-refractivity contribution >= 4 is 34.8 Å². The third-order valence-electron chi connectivity index (χ3n) is 3.63. The highest BCUT2D eigenvalue weighted by molar-refractivity contribution is 6.30. The highest BCUT2D eigenvalue weighted by Gasteiger charge is 2.30. The lowest BCUT2D eigenvalue weighted by Crippen LogP contribution is -2.42. The Morgan fingerprint density at radius 3 is 2.12 bits per heavy atom. The third kappa shape index (κ3) is 4.97. The summed E-state index contributed by atoms with van der Waals surface area (Å²) in [5.74, 6) is 0.0803. The van der Waals surface area contributed by atoms with E-state index in [1.807, 2.05) is 6.92 Å². The molecule has 0 aliphatic heterocycles. The van der Waals surface area contributed by atoms with Crippen LogP contribution in [0.1, 0.15) is 26.3 Å². The molecular weight excluding hydrogens is 340 g/mol. The normalized spacial score (nSPS) is 10.9. The maximum atomic E-state index is 12.6. The quantitative estimate of drug-likeness (QED) is 0.830. The average Bonchev–Trinajstić information content (AvgIpc) is 2.53. The number of halogens is 1. The van der Waals surface area contributed by atoms with E-state index in [0.29, 0.717) is 22.1 Å². The molecule has 6 heteroatoms. The van der Waals surface area contributed by atoms with Gasteiger partial charge in [-0.25, -0.2) is 0 Å². The molecule has 2 N–H and O–H groups in total. The van der Waals surface area contributed by atoms with E-state index in [2.05, 4.69) is 10.6 Å². The van der Waals surface area contributed by atoms with E-state index >= 15 is 0 Å². The topological polar surface area (TPSA) is 67.4 Å². The number of anilines is 2. The molecule has 0 bridgehead atoms. The van der Waals surface area contributed by atoms with Crippen molar-refractivity contribution in [2.24, 2.45) is 0 Å². The predicted octanol–water partition coefficient (Wildman–Crippen LogP) is 4.40. The standard InChI is InChI=1S/C19H21ClN2O3/c1-12-16(21-13(2)23)6-5-7-17(12)22-18(24)19(3,4)25-15-10-8-14(20)9-11-15/h5-11H,1-4H3,(H,21,23)(H,22,24). The molecule has 0 aliphatic carbocycles. The molecule has 2 rings (SSSR count). The number of rotatable bonds is 5. The molecule has 0 radical (unpaired) electrons. The number of carbonyl (C=O) groups excluding carboxylic acids is 2. The van der Waals surface area contributed by atoms with Gasteiger partial charge in [-0.15, -0.1) is 0 Å². The van der Waals surface area contributed by atoms with Gasteiger partial charge in [-0.05, 0) is 62.7 Å². The van der Waals surface area contributed by atoms with Crippen molar-refractivity contribution in [1.29, 1.82) is 0 Å². The molecule has 0 spiro atoms. The Hall–Kier alpha value is -2.53. The summed E-state index contributed by atoms with van der Waals surface area (Å²) < 4.78 is 5.79. The minimum atomic E-state index is -1.09. The second kappa shape index (κ2) is 7.57. The molecule has 0 saturated heterocycles. The van der Waals surface area contributed by atoms with Gasteiger partial charge in [0, 0.05) is 23.3 Å². The summed E-state index contributed by atoms with van der Waals surface area (Å²) in [6.07, 6.45) is 0. The van der Waals surface area contributed by atoms with Gasteiger partial charge in [-0.2, -0.15) is 0 Å². The summed E-state index contributed by atoms with van der Waals surface area (Å²) in [4.78, 5) is 23.9. The van der Waals surface area contributed by atoms with E-state index in [1.165, 1.54) is 6.92 Å². The molecule has 0 aromatic heterocycles. The van der Waals surface area contributed by atoms with Gasteiger partial charge in [0.15, 0.2) is 5.60 Å². The van der Waals surface area contributed by atoms with Gasteiger partial charge in [0.1, 0.15) is 5.75 Å². The second-order valence-corrected chi connectivity index (χ2v) is 6.62. The van der Waals surface area contributed by atoms with Crippen molar-refractivity contribution in [3.8, 4) is 5.75 Å². The van der Waals surface area contributed by atoms with Crippen molar-refractivity contribution in [1.82, 2.24) is 0 Å². The number of ether oxygens (including phenoxy) is 1. The molecule has 132 valence electrons. The smallest absolute Gasteiger partial charge is 0.267 e. The third-order valence-corrected chi connectivity index (χ3v) is 3.88. The van der Waals surface area contributed by atoms with Crippen molar-refractivity contribution in [2.75, 3.05) is 10.6 Å². The zero-order chi connectivity index (χ0) is 18.6.